The Morgan fingerprint density at radius 2 is 2.18 bits per heavy atom. The molecule has 0 spiro atoms. The predicted octanol–water partition coefficient (Wildman–Crippen LogP) is 2.99. The highest BCUT2D eigenvalue weighted by atomic mass is 79.9. The summed E-state index contributed by atoms with van der Waals surface area (Å²) in [5, 5.41) is 1.04. The number of likely N-dealkylation sites (N-methyl/N-ethyl adjacent to an activating group) is 1. The Bertz CT molecular complexity index is 585. The third-order valence-corrected chi connectivity index (χ3v) is 3.62. The van der Waals surface area contributed by atoms with Crippen LogP contribution in [0, 0.1) is 0 Å². The van der Waals surface area contributed by atoms with E-state index in [9.17, 15) is 0 Å². The number of pyridine rings is 1. The summed E-state index contributed by atoms with van der Waals surface area (Å²) in [5.74, 6) is 1.03. The number of nitrogen functional groups attached to an aromatic ring is 1. The summed E-state index contributed by atoms with van der Waals surface area (Å²) < 4.78 is 1.04. The molecule has 2 heterocycles. The first-order valence-corrected chi connectivity index (χ1v) is 6.05. The lowest BCUT2D eigenvalue weighted by Gasteiger charge is -2.13. The molecule has 0 saturated heterocycles. The van der Waals surface area contributed by atoms with Crippen molar-refractivity contribution in [2.24, 2.45) is 0 Å². The number of anilines is 2. The summed E-state index contributed by atoms with van der Waals surface area (Å²) in [6.07, 6.45) is 0.993. The summed E-state index contributed by atoms with van der Waals surface area (Å²) in [7, 11) is 2.06. The molecule has 0 atom stereocenters. The second kappa shape index (κ2) is 4.35. The SMILES string of the molecule is CN1CCc2c1nc1ccc(Br)cc1c2N.Cl. The maximum Gasteiger partial charge on any atom is 0.134 e. The summed E-state index contributed by atoms with van der Waals surface area (Å²) in [5.41, 5.74) is 9.25. The molecule has 0 amide bonds. The fraction of sp³-hybridized carbons (Fsp3) is 0.250. The van der Waals surface area contributed by atoms with Gasteiger partial charge in [0.25, 0.3) is 0 Å². The summed E-state index contributed by atoms with van der Waals surface area (Å²) in [6.45, 7) is 1.00. The summed E-state index contributed by atoms with van der Waals surface area (Å²) in [6, 6.07) is 6.04. The smallest absolute Gasteiger partial charge is 0.134 e. The Balaban J connectivity index is 0.00000108. The minimum absolute atomic E-state index is 0. The highest BCUT2D eigenvalue weighted by molar-refractivity contribution is 9.10. The van der Waals surface area contributed by atoms with E-state index < -0.39 is 0 Å². The van der Waals surface area contributed by atoms with Gasteiger partial charge in [0.05, 0.1) is 5.52 Å². The Kier molecular flexibility index (Phi) is 3.19. The lowest BCUT2D eigenvalue weighted by Crippen LogP contribution is -2.13. The van der Waals surface area contributed by atoms with Gasteiger partial charge in [-0.3, -0.25) is 0 Å². The van der Waals surface area contributed by atoms with Crippen molar-refractivity contribution in [3.8, 4) is 0 Å². The van der Waals surface area contributed by atoms with Gasteiger partial charge >= 0.3 is 0 Å². The van der Waals surface area contributed by atoms with Crippen molar-refractivity contribution in [2.75, 3.05) is 24.2 Å². The predicted molar refractivity (Wildman–Crippen MR) is 78.1 cm³/mol. The first-order chi connectivity index (χ1) is 7.66. The fourth-order valence-corrected chi connectivity index (χ4v) is 2.59. The van der Waals surface area contributed by atoms with E-state index in [-0.39, 0.29) is 12.4 Å². The minimum Gasteiger partial charge on any atom is -0.398 e. The van der Waals surface area contributed by atoms with E-state index in [0.717, 1.165) is 39.8 Å². The number of nitrogens with zero attached hydrogens (tertiary/aromatic N) is 2. The maximum absolute atomic E-state index is 6.21. The molecule has 90 valence electrons. The largest absolute Gasteiger partial charge is 0.398 e. The second-order valence-electron chi connectivity index (χ2n) is 4.16. The van der Waals surface area contributed by atoms with Gasteiger partial charge in [0, 0.05) is 34.7 Å². The van der Waals surface area contributed by atoms with Gasteiger partial charge in [0.2, 0.25) is 0 Å². The number of benzene rings is 1. The van der Waals surface area contributed by atoms with Crippen LogP contribution in [0.5, 0.6) is 0 Å². The lowest BCUT2D eigenvalue weighted by molar-refractivity contribution is 0.947. The van der Waals surface area contributed by atoms with Crippen LogP contribution < -0.4 is 10.6 Å². The number of aromatic nitrogens is 1. The average Bonchev–Trinajstić information content (AvgIpc) is 2.63. The quantitative estimate of drug-likeness (QED) is 0.813. The van der Waals surface area contributed by atoms with Crippen LogP contribution in [0.2, 0.25) is 0 Å². The van der Waals surface area contributed by atoms with Crippen LogP contribution in [0.25, 0.3) is 10.9 Å². The molecular formula is C12H13BrClN3. The van der Waals surface area contributed by atoms with Crippen molar-refractivity contribution in [1.29, 1.82) is 0 Å². The van der Waals surface area contributed by atoms with Crippen molar-refractivity contribution < 1.29 is 0 Å². The third-order valence-electron chi connectivity index (χ3n) is 3.13. The molecule has 0 bridgehead atoms. The van der Waals surface area contributed by atoms with Crippen LogP contribution in [0.15, 0.2) is 22.7 Å². The Morgan fingerprint density at radius 3 is 2.94 bits per heavy atom. The van der Waals surface area contributed by atoms with E-state index in [1.54, 1.807) is 0 Å². The molecular weight excluding hydrogens is 302 g/mol. The van der Waals surface area contributed by atoms with Gasteiger partial charge in [-0.25, -0.2) is 4.98 Å². The molecule has 1 aromatic carbocycles. The fourth-order valence-electron chi connectivity index (χ4n) is 2.23. The van der Waals surface area contributed by atoms with Gasteiger partial charge in [0.15, 0.2) is 0 Å². The zero-order valence-corrected chi connectivity index (χ0v) is 11.8. The molecule has 1 aromatic heterocycles. The van der Waals surface area contributed by atoms with Gasteiger partial charge in [-0.15, -0.1) is 12.4 Å². The van der Waals surface area contributed by atoms with E-state index in [1.807, 2.05) is 18.2 Å². The monoisotopic (exact) mass is 313 g/mol. The molecule has 5 heteroatoms. The Labute approximate surface area is 115 Å². The molecule has 2 aromatic rings. The maximum atomic E-state index is 6.21. The van der Waals surface area contributed by atoms with Crippen LogP contribution in [0.1, 0.15) is 5.56 Å². The Morgan fingerprint density at radius 1 is 1.41 bits per heavy atom. The average molecular weight is 315 g/mol. The zero-order valence-electron chi connectivity index (χ0n) is 9.40. The number of hydrogen-bond acceptors (Lipinski definition) is 3. The van der Waals surface area contributed by atoms with Crippen LogP contribution in [-0.4, -0.2) is 18.6 Å². The number of nitrogens with two attached hydrogens (primary N) is 1. The molecule has 1 aliphatic rings. The highest BCUT2D eigenvalue weighted by Gasteiger charge is 2.21. The molecule has 0 fully saturated rings. The van der Waals surface area contributed by atoms with Gasteiger partial charge in [-0.05, 0) is 24.6 Å². The second-order valence-corrected chi connectivity index (χ2v) is 5.08. The van der Waals surface area contributed by atoms with Crippen molar-refractivity contribution in [3.05, 3.63) is 28.2 Å². The van der Waals surface area contributed by atoms with Crippen molar-refractivity contribution in [1.82, 2.24) is 4.98 Å². The molecule has 0 radical (unpaired) electrons. The van der Waals surface area contributed by atoms with Gasteiger partial charge in [-0.2, -0.15) is 0 Å². The van der Waals surface area contributed by atoms with E-state index in [4.69, 9.17) is 5.73 Å². The molecule has 0 saturated carbocycles. The minimum atomic E-state index is 0. The van der Waals surface area contributed by atoms with Gasteiger partial charge < -0.3 is 10.6 Å². The van der Waals surface area contributed by atoms with Crippen molar-refractivity contribution in [3.63, 3.8) is 0 Å². The highest BCUT2D eigenvalue weighted by Crippen LogP contribution is 2.35. The topological polar surface area (TPSA) is 42.2 Å². The molecule has 1 aliphatic heterocycles. The number of halogens is 2. The molecule has 2 N–H and O–H groups in total. The van der Waals surface area contributed by atoms with Gasteiger partial charge in [0.1, 0.15) is 5.82 Å². The van der Waals surface area contributed by atoms with Crippen LogP contribution in [0.3, 0.4) is 0 Å². The van der Waals surface area contributed by atoms with E-state index in [1.165, 1.54) is 5.56 Å². The molecule has 0 unspecified atom stereocenters. The van der Waals surface area contributed by atoms with Crippen LogP contribution in [0.4, 0.5) is 11.5 Å². The molecule has 0 aliphatic carbocycles. The first kappa shape index (κ1) is 12.5. The number of rotatable bonds is 0. The van der Waals surface area contributed by atoms with E-state index in [0.29, 0.717) is 0 Å². The van der Waals surface area contributed by atoms with Gasteiger partial charge in [-0.1, -0.05) is 15.9 Å². The Hall–Kier alpha value is -1.00. The normalized spacial score (nSPS) is 13.6. The number of fused-ring (bicyclic) bond motifs is 2. The van der Waals surface area contributed by atoms with Crippen LogP contribution >= 0.6 is 28.3 Å². The standard InChI is InChI=1S/C12H12BrN3.ClH/c1-16-5-4-8-11(14)9-6-7(13)2-3-10(9)15-12(8)16;/h2-3,6H,4-5H2,1H3,(H2,14,15);1H. The van der Waals surface area contributed by atoms with Crippen molar-refractivity contribution >= 4 is 50.7 Å². The first-order valence-electron chi connectivity index (χ1n) is 5.25. The van der Waals surface area contributed by atoms with Crippen molar-refractivity contribution in [2.45, 2.75) is 6.42 Å². The molecule has 3 nitrogen and oxygen atoms in total. The summed E-state index contributed by atoms with van der Waals surface area (Å²) >= 11 is 3.47. The zero-order chi connectivity index (χ0) is 11.3. The van der Waals surface area contributed by atoms with E-state index in [2.05, 4.69) is 32.9 Å². The van der Waals surface area contributed by atoms with Crippen LogP contribution in [-0.2, 0) is 6.42 Å². The van der Waals surface area contributed by atoms with E-state index >= 15 is 0 Å². The third kappa shape index (κ3) is 1.85. The number of hydrogen-bond donors (Lipinski definition) is 1. The summed E-state index contributed by atoms with van der Waals surface area (Å²) in [4.78, 5) is 6.82. The lowest BCUT2D eigenvalue weighted by atomic mass is 10.1. The molecule has 17 heavy (non-hydrogen) atoms. The molecule has 3 rings (SSSR count).